The third-order valence-corrected chi connectivity index (χ3v) is 3.38. The van der Waals surface area contributed by atoms with Gasteiger partial charge in [0.15, 0.2) is 0 Å². The number of rotatable bonds is 7. The molecule has 4 heteroatoms. The molecule has 1 aromatic rings. The number of thioether (sulfide) groups is 1. The van der Waals surface area contributed by atoms with Crippen LogP contribution >= 0.6 is 23.4 Å². The van der Waals surface area contributed by atoms with E-state index in [1.54, 1.807) is 0 Å². The van der Waals surface area contributed by atoms with Gasteiger partial charge in [-0.15, -0.1) is 0 Å². The first kappa shape index (κ1) is 13.7. The van der Waals surface area contributed by atoms with Crippen LogP contribution in [0.3, 0.4) is 0 Å². The Balaban J connectivity index is 2.46. The molecule has 0 heterocycles. The Kier molecular flexibility index (Phi) is 6.69. The predicted molar refractivity (Wildman–Crippen MR) is 73.6 cm³/mol. The highest BCUT2D eigenvalue weighted by Gasteiger charge is 2.08. The molecular weight excluding hydrogens is 242 g/mol. The molecule has 0 aliphatic rings. The zero-order valence-corrected chi connectivity index (χ0v) is 11.0. The molecule has 1 unspecified atom stereocenters. The largest absolute Gasteiger partial charge is 0.394 e. The topological polar surface area (TPSA) is 32.3 Å². The van der Waals surface area contributed by atoms with Gasteiger partial charge in [-0.05, 0) is 37.0 Å². The molecule has 0 aromatic heterocycles. The van der Waals surface area contributed by atoms with Crippen LogP contribution in [0.2, 0.25) is 5.02 Å². The van der Waals surface area contributed by atoms with Crippen LogP contribution in [-0.2, 0) is 0 Å². The lowest BCUT2D eigenvalue weighted by atomic mass is 10.1. The van der Waals surface area contributed by atoms with Gasteiger partial charge in [0.2, 0.25) is 0 Å². The van der Waals surface area contributed by atoms with Crippen molar-refractivity contribution in [2.45, 2.75) is 18.9 Å². The van der Waals surface area contributed by atoms with Gasteiger partial charge in [-0.1, -0.05) is 23.7 Å². The number of benzene rings is 1. The number of halogens is 1. The van der Waals surface area contributed by atoms with Crippen molar-refractivity contribution < 1.29 is 5.11 Å². The van der Waals surface area contributed by atoms with Crippen molar-refractivity contribution in [2.75, 3.05) is 23.9 Å². The maximum absolute atomic E-state index is 9.27. The molecule has 0 amide bonds. The lowest BCUT2D eigenvalue weighted by Crippen LogP contribution is -2.24. The van der Waals surface area contributed by atoms with Crippen molar-refractivity contribution in [1.29, 1.82) is 0 Å². The summed E-state index contributed by atoms with van der Waals surface area (Å²) >= 11 is 7.87. The molecule has 0 aliphatic heterocycles. The standard InChI is InChI=1S/C12H18ClNOS/c1-16-8-4-5-10(9-15)14-12-7-3-2-6-11(12)13/h2-3,6-7,10,14-15H,4-5,8-9H2,1H3. The van der Waals surface area contributed by atoms with E-state index in [4.69, 9.17) is 11.6 Å². The third-order valence-electron chi connectivity index (χ3n) is 2.35. The van der Waals surface area contributed by atoms with E-state index in [1.807, 2.05) is 36.0 Å². The Hall–Kier alpha value is -0.380. The normalized spacial score (nSPS) is 12.4. The van der Waals surface area contributed by atoms with E-state index >= 15 is 0 Å². The van der Waals surface area contributed by atoms with Gasteiger partial charge in [-0.25, -0.2) is 0 Å². The Morgan fingerprint density at radius 3 is 2.81 bits per heavy atom. The summed E-state index contributed by atoms with van der Waals surface area (Å²) in [5.74, 6) is 1.13. The molecule has 16 heavy (non-hydrogen) atoms. The molecule has 0 radical (unpaired) electrons. The second kappa shape index (κ2) is 7.82. The minimum absolute atomic E-state index is 0.0899. The average molecular weight is 260 g/mol. The van der Waals surface area contributed by atoms with Gasteiger partial charge in [-0.3, -0.25) is 0 Å². The number of nitrogens with one attached hydrogen (secondary N) is 1. The van der Waals surface area contributed by atoms with Crippen LogP contribution in [0.25, 0.3) is 0 Å². The average Bonchev–Trinajstić information content (AvgIpc) is 2.30. The second-order valence-electron chi connectivity index (χ2n) is 3.64. The van der Waals surface area contributed by atoms with E-state index in [0.29, 0.717) is 5.02 Å². The van der Waals surface area contributed by atoms with Gasteiger partial charge >= 0.3 is 0 Å². The van der Waals surface area contributed by atoms with Gasteiger partial charge < -0.3 is 10.4 Å². The molecule has 0 saturated heterocycles. The molecule has 0 bridgehead atoms. The Bertz CT molecular complexity index is 309. The van der Waals surface area contributed by atoms with Crippen molar-refractivity contribution in [3.63, 3.8) is 0 Å². The smallest absolute Gasteiger partial charge is 0.0637 e. The fourth-order valence-electron chi connectivity index (χ4n) is 1.48. The Labute approximate surface area is 106 Å². The molecule has 2 nitrogen and oxygen atoms in total. The molecule has 90 valence electrons. The van der Waals surface area contributed by atoms with Crippen molar-refractivity contribution in [3.8, 4) is 0 Å². The van der Waals surface area contributed by atoms with Crippen LogP contribution < -0.4 is 5.32 Å². The Morgan fingerprint density at radius 1 is 1.44 bits per heavy atom. The van der Waals surface area contributed by atoms with E-state index in [-0.39, 0.29) is 12.6 Å². The number of aliphatic hydroxyl groups excluding tert-OH is 1. The number of hydrogen-bond donors (Lipinski definition) is 2. The van der Waals surface area contributed by atoms with E-state index in [1.165, 1.54) is 0 Å². The van der Waals surface area contributed by atoms with Gasteiger partial charge in [0.1, 0.15) is 0 Å². The van der Waals surface area contributed by atoms with E-state index in [0.717, 1.165) is 24.3 Å². The summed E-state index contributed by atoms with van der Waals surface area (Å²) in [6.07, 6.45) is 4.15. The van der Waals surface area contributed by atoms with Crippen molar-refractivity contribution in [2.24, 2.45) is 0 Å². The minimum atomic E-state index is 0.0899. The first-order chi connectivity index (χ1) is 7.77. The van der Waals surface area contributed by atoms with Crippen molar-refractivity contribution in [1.82, 2.24) is 0 Å². The summed E-state index contributed by atoms with van der Waals surface area (Å²) < 4.78 is 0. The van der Waals surface area contributed by atoms with Crippen molar-refractivity contribution in [3.05, 3.63) is 29.3 Å². The van der Waals surface area contributed by atoms with Crippen LogP contribution in [0.5, 0.6) is 0 Å². The summed E-state index contributed by atoms with van der Waals surface area (Å²) in [5.41, 5.74) is 0.896. The number of hydrogen-bond acceptors (Lipinski definition) is 3. The van der Waals surface area contributed by atoms with E-state index in [2.05, 4.69) is 11.6 Å². The summed E-state index contributed by atoms with van der Waals surface area (Å²) in [6, 6.07) is 7.70. The fraction of sp³-hybridized carbons (Fsp3) is 0.500. The number of para-hydroxylation sites is 1. The molecule has 1 atom stereocenters. The highest BCUT2D eigenvalue weighted by atomic mass is 35.5. The molecular formula is C12H18ClNOS. The summed E-state index contributed by atoms with van der Waals surface area (Å²) in [7, 11) is 0. The van der Waals surface area contributed by atoms with Crippen LogP contribution in [0.1, 0.15) is 12.8 Å². The monoisotopic (exact) mass is 259 g/mol. The highest BCUT2D eigenvalue weighted by Crippen LogP contribution is 2.22. The molecule has 0 spiro atoms. The molecule has 2 N–H and O–H groups in total. The third kappa shape index (κ3) is 4.64. The van der Waals surface area contributed by atoms with Crippen molar-refractivity contribution >= 4 is 29.1 Å². The van der Waals surface area contributed by atoms with Crippen LogP contribution in [-0.4, -0.2) is 29.8 Å². The summed E-state index contributed by atoms with van der Waals surface area (Å²) in [6.45, 7) is 0.138. The van der Waals surface area contributed by atoms with Gasteiger partial charge in [0.05, 0.1) is 17.3 Å². The SMILES string of the molecule is CSCCCC(CO)Nc1ccccc1Cl. The summed E-state index contributed by atoms with van der Waals surface area (Å²) in [4.78, 5) is 0. The van der Waals surface area contributed by atoms with Gasteiger partial charge in [0, 0.05) is 6.04 Å². The van der Waals surface area contributed by atoms with Gasteiger partial charge in [-0.2, -0.15) is 11.8 Å². The molecule has 0 aliphatic carbocycles. The molecule has 1 aromatic carbocycles. The maximum atomic E-state index is 9.27. The molecule has 0 saturated carbocycles. The number of aliphatic hydroxyl groups is 1. The zero-order valence-electron chi connectivity index (χ0n) is 9.45. The minimum Gasteiger partial charge on any atom is -0.394 e. The lowest BCUT2D eigenvalue weighted by Gasteiger charge is -2.18. The zero-order chi connectivity index (χ0) is 11.8. The second-order valence-corrected chi connectivity index (χ2v) is 5.03. The highest BCUT2D eigenvalue weighted by molar-refractivity contribution is 7.98. The van der Waals surface area contributed by atoms with Crippen LogP contribution in [0.15, 0.2) is 24.3 Å². The van der Waals surface area contributed by atoms with Gasteiger partial charge in [0.25, 0.3) is 0 Å². The van der Waals surface area contributed by atoms with E-state index in [9.17, 15) is 5.11 Å². The number of anilines is 1. The van der Waals surface area contributed by atoms with Crippen LogP contribution in [0, 0.1) is 0 Å². The predicted octanol–water partition coefficient (Wildman–Crippen LogP) is 3.26. The Morgan fingerprint density at radius 2 is 2.19 bits per heavy atom. The van der Waals surface area contributed by atoms with Crippen LogP contribution in [0.4, 0.5) is 5.69 Å². The quantitative estimate of drug-likeness (QED) is 0.738. The molecule has 0 fully saturated rings. The fourth-order valence-corrected chi connectivity index (χ4v) is 2.13. The summed E-state index contributed by atoms with van der Waals surface area (Å²) in [5, 5.41) is 13.2. The maximum Gasteiger partial charge on any atom is 0.0637 e. The lowest BCUT2D eigenvalue weighted by molar-refractivity contribution is 0.268. The van der Waals surface area contributed by atoms with E-state index < -0.39 is 0 Å². The first-order valence-corrected chi connectivity index (χ1v) is 7.16. The molecule has 1 rings (SSSR count). The first-order valence-electron chi connectivity index (χ1n) is 5.38.